The monoisotopic (exact) mass is 474 g/mol. The van der Waals surface area contributed by atoms with Gasteiger partial charge in [0.25, 0.3) is 0 Å². The zero-order valence-electron chi connectivity index (χ0n) is 18.8. The molecule has 6 heteroatoms. The Morgan fingerprint density at radius 2 is 0.806 bits per heavy atom. The number of hydrogen-bond acceptors (Lipinski definition) is 6. The van der Waals surface area contributed by atoms with Crippen molar-refractivity contribution in [3.63, 3.8) is 0 Å². The molecule has 0 aliphatic carbocycles. The zero-order valence-corrected chi connectivity index (χ0v) is 18.8. The van der Waals surface area contributed by atoms with Crippen molar-refractivity contribution in [1.29, 1.82) is 0 Å². The number of hydrogen-bond donors (Lipinski definition) is 2. The minimum Gasteiger partial charge on any atom is -0.508 e. The fourth-order valence-electron chi connectivity index (χ4n) is 4.21. The molecule has 0 saturated heterocycles. The zero-order chi connectivity index (χ0) is 24.8. The lowest BCUT2D eigenvalue weighted by Crippen LogP contribution is -2.01. The van der Waals surface area contributed by atoms with Gasteiger partial charge in [0.15, 0.2) is 10.9 Å². The molecule has 0 saturated carbocycles. The second kappa shape index (κ2) is 8.29. The van der Waals surface area contributed by atoms with Crippen LogP contribution in [-0.2, 0) is 0 Å². The number of phenols is 2. The predicted octanol–water partition coefficient (Wildman–Crippen LogP) is 6.31. The van der Waals surface area contributed by atoms with Crippen molar-refractivity contribution in [2.75, 3.05) is 0 Å². The molecule has 2 heterocycles. The maximum Gasteiger partial charge on any atom is 0.193 e. The van der Waals surface area contributed by atoms with Crippen LogP contribution >= 0.6 is 0 Å². The van der Waals surface area contributed by atoms with Gasteiger partial charge in [0.05, 0.1) is 10.8 Å². The Labute approximate surface area is 203 Å². The van der Waals surface area contributed by atoms with Crippen molar-refractivity contribution in [2.45, 2.75) is 0 Å². The van der Waals surface area contributed by atoms with Crippen LogP contribution in [0.2, 0.25) is 0 Å². The number of benzene rings is 4. The summed E-state index contributed by atoms with van der Waals surface area (Å²) in [6.07, 6.45) is 0. The van der Waals surface area contributed by atoms with E-state index in [1.165, 1.54) is 36.4 Å². The second-order valence-corrected chi connectivity index (χ2v) is 8.47. The summed E-state index contributed by atoms with van der Waals surface area (Å²) in [5, 5.41) is 19.8. The van der Waals surface area contributed by atoms with E-state index in [4.69, 9.17) is 8.83 Å². The highest BCUT2D eigenvalue weighted by atomic mass is 16.3. The molecule has 6 nitrogen and oxygen atoms in total. The van der Waals surface area contributed by atoms with Crippen LogP contribution in [0.1, 0.15) is 0 Å². The van der Waals surface area contributed by atoms with E-state index in [9.17, 15) is 19.8 Å². The van der Waals surface area contributed by atoms with Crippen molar-refractivity contribution in [3.05, 3.63) is 118 Å². The van der Waals surface area contributed by atoms with Gasteiger partial charge < -0.3 is 19.0 Å². The van der Waals surface area contributed by atoms with Crippen LogP contribution in [0.15, 0.2) is 115 Å². The van der Waals surface area contributed by atoms with Crippen LogP contribution in [0.4, 0.5) is 0 Å². The lowest BCUT2D eigenvalue weighted by molar-refractivity contribution is 0.474. The van der Waals surface area contributed by atoms with Gasteiger partial charge in [-0.25, -0.2) is 0 Å². The molecule has 6 rings (SSSR count). The molecule has 0 atom stereocenters. The third kappa shape index (κ3) is 3.80. The topological polar surface area (TPSA) is 101 Å². The van der Waals surface area contributed by atoms with Gasteiger partial charge in [-0.1, -0.05) is 12.1 Å². The summed E-state index contributed by atoms with van der Waals surface area (Å²) in [7, 11) is 0. The summed E-state index contributed by atoms with van der Waals surface area (Å²) >= 11 is 0. The van der Waals surface area contributed by atoms with Crippen LogP contribution in [0.5, 0.6) is 11.5 Å². The normalized spacial score (nSPS) is 11.2. The highest BCUT2D eigenvalue weighted by molar-refractivity contribution is 5.88. The lowest BCUT2D eigenvalue weighted by atomic mass is 10.0. The molecular formula is C30H18O6. The first-order chi connectivity index (χ1) is 17.4. The summed E-state index contributed by atoms with van der Waals surface area (Å²) in [5.41, 5.74) is 3.38. The summed E-state index contributed by atoms with van der Waals surface area (Å²) in [6.45, 7) is 0. The van der Waals surface area contributed by atoms with Gasteiger partial charge >= 0.3 is 0 Å². The first-order valence-corrected chi connectivity index (χ1v) is 11.2. The van der Waals surface area contributed by atoms with E-state index in [-0.39, 0.29) is 22.4 Å². The summed E-state index contributed by atoms with van der Waals surface area (Å²) < 4.78 is 11.9. The van der Waals surface area contributed by atoms with E-state index in [0.717, 1.165) is 11.1 Å². The molecule has 0 unspecified atom stereocenters. The van der Waals surface area contributed by atoms with E-state index in [2.05, 4.69) is 0 Å². The Hall–Kier alpha value is -5.10. The Balaban J connectivity index is 1.41. The van der Waals surface area contributed by atoms with Gasteiger partial charge in [-0.05, 0) is 83.9 Å². The Morgan fingerprint density at radius 1 is 0.444 bits per heavy atom. The highest BCUT2D eigenvalue weighted by Gasteiger charge is 2.12. The Morgan fingerprint density at radius 3 is 1.19 bits per heavy atom. The van der Waals surface area contributed by atoms with Crippen molar-refractivity contribution in [2.24, 2.45) is 0 Å². The van der Waals surface area contributed by atoms with E-state index < -0.39 is 0 Å². The van der Waals surface area contributed by atoms with Crippen molar-refractivity contribution < 1.29 is 19.0 Å². The minimum atomic E-state index is -0.194. The Bertz CT molecular complexity index is 1740. The van der Waals surface area contributed by atoms with E-state index in [0.29, 0.717) is 44.6 Å². The number of rotatable bonds is 3. The summed E-state index contributed by atoms with van der Waals surface area (Å²) in [4.78, 5) is 25.8. The van der Waals surface area contributed by atoms with Crippen molar-refractivity contribution in [3.8, 4) is 45.3 Å². The summed E-state index contributed by atoms with van der Waals surface area (Å²) in [6, 6.07) is 26.3. The van der Waals surface area contributed by atoms with Gasteiger partial charge in [0.1, 0.15) is 34.2 Å². The first kappa shape index (κ1) is 21.4. The number of aromatic hydroxyl groups is 2. The molecule has 36 heavy (non-hydrogen) atoms. The van der Waals surface area contributed by atoms with Crippen LogP contribution in [0.3, 0.4) is 0 Å². The third-order valence-corrected chi connectivity index (χ3v) is 6.09. The van der Waals surface area contributed by atoms with Gasteiger partial charge in [0.2, 0.25) is 0 Å². The first-order valence-electron chi connectivity index (χ1n) is 11.2. The van der Waals surface area contributed by atoms with Crippen molar-refractivity contribution in [1.82, 2.24) is 0 Å². The van der Waals surface area contributed by atoms with Crippen LogP contribution in [-0.4, -0.2) is 10.2 Å². The van der Waals surface area contributed by atoms with Gasteiger partial charge in [-0.2, -0.15) is 0 Å². The van der Waals surface area contributed by atoms with Gasteiger partial charge in [0, 0.05) is 23.3 Å². The Kier molecular flexibility index (Phi) is 4.93. The molecule has 0 fully saturated rings. The van der Waals surface area contributed by atoms with Crippen LogP contribution < -0.4 is 10.9 Å². The third-order valence-electron chi connectivity index (χ3n) is 6.09. The molecule has 2 N–H and O–H groups in total. The van der Waals surface area contributed by atoms with Crippen molar-refractivity contribution >= 4 is 21.9 Å². The maximum atomic E-state index is 12.9. The smallest absolute Gasteiger partial charge is 0.193 e. The largest absolute Gasteiger partial charge is 0.508 e. The fourth-order valence-corrected chi connectivity index (χ4v) is 4.21. The molecule has 0 radical (unpaired) electrons. The maximum absolute atomic E-state index is 12.9. The summed E-state index contributed by atoms with van der Waals surface area (Å²) in [5.74, 6) is 1.08. The average Bonchev–Trinajstić information content (AvgIpc) is 2.89. The quantitative estimate of drug-likeness (QED) is 0.312. The standard InChI is InChI=1S/C30H18O6/c31-21-7-1-17(2-8-21)29-15-25(33)23-13-19(5-11-27(23)35-29)20-6-12-28-24(14-20)26(34)16-30(36-28)18-3-9-22(32)10-4-18/h1-16,31-32H. The minimum absolute atomic E-state index is 0.132. The molecule has 4 aromatic carbocycles. The van der Waals surface area contributed by atoms with E-state index in [1.807, 2.05) is 12.1 Å². The molecule has 0 amide bonds. The van der Waals surface area contributed by atoms with E-state index in [1.54, 1.807) is 48.5 Å². The average molecular weight is 474 g/mol. The molecule has 2 aromatic heterocycles. The molecular weight excluding hydrogens is 456 g/mol. The highest BCUT2D eigenvalue weighted by Crippen LogP contribution is 2.30. The molecule has 0 bridgehead atoms. The molecule has 0 aliphatic rings. The molecule has 0 aliphatic heterocycles. The predicted molar refractivity (Wildman–Crippen MR) is 138 cm³/mol. The number of phenolic OH excluding ortho intramolecular Hbond substituents is 2. The number of fused-ring (bicyclic) bond motifs is 2. The fraction of sp³-hybridized carbons (Fsp3) is 0. The van der Waals surface area contributed by atoms with Crippen LogP contribution in [0, 0.1) is 0 Å². The molecule has 0 spiro atoms. The SMILES string of the molecule is O=c1cc(-c2ccc(O)cc2)oc2ccc(-c3ccc4oc(-c5ccc(O)cc5)cc(=O)c4c3)cc12. The molecule has 174 valence electrons. The second-order valence-electron chi connectivity index (χ2n) is 8.47. The molecule has 6 aromatic rings. The van der Waals surface area contributed by atoms with Crippen LogP contribution in [0.25, 0.3) is 55.7 Å². The van der Waals surface area contributed by atoms with Gasteiger partial charge in [-0.3, -0.25) is 9.59 Å². The lowest BCUT2D eigenvalue weighted by Gasteiger charge is -2.08. The van der Waals surface area contributed by atoms with E-state index >= 15 is 0 Å². The van der Waals surface area contributed by atoms with Gasteiger partial charge in [-0.15, -0.1) is 0 Å².